The first-order valence-corrected chi connectivity index (χ1v) is 11.3. The van der Waals surface area contributed by atoms with E-state index >= 15 is 0 Å². The van der Waals surface area contributed by atoms with Crippen LogP contribution in [-0.2, 0) is 4.74 Å². The smallest absolute Gasteiger partial charge is 0.188 e. The number of nitrogens with two attached hydrogens (primary N) is 1. The fourth-order valence-electron chi connectivity index (χ4n) is 4.65. The third-order valence-corrected chi connectivity index (χ3v) is 6.35. The fraction of sp³-hybridized carbons (Fsp3) is 0.400. The number of hydrogen-bond acceptors (Lipinski definition) is 8. The number of hydrogen-bond donors (Lipinski definition) is 2. The van der Waals surface area contributed by atoms with Crippen LogP contribution in [0.3, 0.4) is 0 Å². The minimum atomic E-state index is 0.106. The molecule has 1 atom stereocenters. The number of fused-ring (bicyclic) bond motifs is 1. The maximum absolute atomic E-state index is 6.18. The fourth-order valence-corrected chi connectivity index (χ4v) is 4.65. The summed E-state index contributed by atoms with van der Waals surface area (Å²) in [6.45, 7) is 4.42. The van der Waals surface area contributed by atoms with Gasteiger partial charge in [0.2, 0.25) is 0 Å². The minimum absolute atomic E-state index is 0.106. The highest BCUT2D eigenvalue weighted by molar-refractivity contribution is 5.91. The molecule has 172 valence electrons. The molecule has 1 saturated heterocycles. The van der Waals surface area contributed by atoms with Crippen molar-refractivity contribution < 1.29 is 9.47 Å². The van der Waals surface area contributed by atoms with Crippen LogP contribution in [0, 0.1) is 0 Å². The lowest BCUT2D eigenvalue weighted by Crippen LogP contribution is -2.57. The molecule has 0 radical (unpaired) electrons. The number of benzene rings is 2. The molecular weight excluding hydrogens is 416 g/mol. The van der Waals surface area contributed by atoms with E-state index in [0.717, 1.165) is 35.1 Å². The lowest BCUT2D eigenvalue weighted by atomic mass is 10.1. The SMILES string of the molecule is CN=Cc1cc(-c2ncc3cc(N4C[C@H](C)NC5(CC5)C4)ccc3n2)c(OCOC)cc1N. The summed E-state index contributed by atoms with van der Waals surface area (Å²) in [5.41, 5.74) is 10.7. The average molecular weight is 447 g/mol. The molecule has 2 heterocycles. The summed E-state index contributed by atoms with van der Waals surface area (Å²) >= 11 is 0. The zero-order valence-electron chi connectivity index (χ0n) is 19.3. The van der Waals surface area contributed by atoms with Gasteiger partial charge in [0, 0.05) is 79.6 Å². The molecule has 0 bridgehead atoms. The number of rotatable bonds is 6. The molecule has 2 aromatic carbocycles. The van der Waals surface area contributed by atoms with Gasteiger partial charge in [-0.15, -0.1) is 0 Å². The van der Waals surface area contributed by atoms with E-state index in [-0.39, 0.29) is 6.79 Å². The third-order valence-electron chi connectivity index (χ3n) is 6.35. The standard InChI is InChI=1S/C25H30N6O2/c1-16-13-31(14-25(30-16)6-7-25)19-4-5-22-18(8-19)12-28-24(29-22)20-9-17(11-27-2)21(26)10-23(20)33-15-32-3/h4-5,8-12,16,30H,6-7,13-15,26H2,1-3H3/t16-/m0/s1. The molecule has 1 spiro atoms. The summed E-state index contributed by atoms with van der Waals surface area (Å²) in [5.74, 6) is 1.14. The first-order chi connectivity index (χ1) is 16.0. The van der Waals surface area contributed by atoms with Gasteiger partial charge in [-0.3, -0.25) is 4.99 Å². The highest BCUT2D eigenvalue weighted by Gasteiger charge is 2.47. The largest absolute Gasteiger partial charge is 0.467 e. The summed E-state index contributed by atoms with van der Waals surface area (Å²) in [5, 5.41) is 4.77. The van der Waals surface area contributed by atoms with E-state index in [4.69, 9.17) is 20.2 Å². The first-order valence-electron chi connectivity index (χ1n) is 11.3. The van der Waals surface area contributed by atoms with Crippen molar-refractivity contribution in [1.82, 2.24) is 15.3 Å². The molecule has 1 aromatic heterocycles. The number of methoxy groups -OCH3 is 1. The number of anilines is 2. The van der Waals surface area contributed by atoms with Gasteiger partial charge in [0.1, 0.15) is 5.75 Å². The zero-order chi connectivity index (χ0) is 23.0. The number of nitrogens with one attached hydrogen (secondary N) is 1. The third kappa shape index (κ3) is 4.36. The van der Waals surface area contributed by atoms with Gasteiger partial charge in [0.25, 0.3) is 0 Å². The van der Waals surface area contributed by atoms with Crippen molar-refractivity contribution in [2.75, 3.05) is 44.7 Å². The molecule has 1 aliphatic carbocycles. The summed E-state index contributed by atoms with van der Waals surface area (Å²) in [4.78, 5) is 16.1. The van der Waals surface area contributed by atoms with Crippen molar-refractivity contribution in [2.24, 2.45) is 4.99 Å². The van der Waals surface area contributed by atoms with E-state index in [1.54, 1.807) is 26.4 Å². The van der Waals surface area contributed by atoms with Crippen LogP contribution in [0.5, 0.6) is 5.75 Å². The maximum Gasteiger partial charge on any atom is 0.188 e. The first kappa shape index (κ1) is 21.6. The summed E-state index contributed by atoms with van der Waals surface area (Å²) < 4.78 is 10.8. The second-order valence-corrected chi connectivity index (χ2v) is 9.06. The molecule has 0 amide bonds. The maximum atomic E-state index is 6.18. The molecule has 0 unspecified atom stereocenters. The van der Waals surface area contributed by atoms with Crippen molar-refractivity contribution in [3.63, 3.8) is 0 Å². The molecule has 1 aliphatic heterocycles. The van der Waals surface area contributed by atoms with Crippen molar-refractivity contribution in [1.29, 1.82) is 0 Å². The molecule has 5 rings (SSSR count). The predicted molar refractivity (Wildman–Crippen MR) is 132 cm³/mol. The van der Waals surface area contributed by atoms with Crippen LogP contribution in [0.1, 0.15) is 25.3 Å². The van der Waals surface area contributed by atoms with Crippen molar-refractivity contribution >= 4 is 28.5 Å². The highest BCUT2D eigenvalue weighted by atomic mass is 16.7. The minimum Gasteiger partial charge on any atom is -0.467 e. The van der Waals surface area contributed by atoms with Gasteiger partial charge >= 0.3 is 0 Å². The normalized spacial score (nSPS) is 19.5. The van der Waals surface area contributed by atoms with Gasteiger partial charge < -0.3 is 25.4 Å². The Kier molecular flexibility index (Phi) is 5.64. The van der Waals surface area contributed by atoms with Gasteiger partial charge in [0.15, 0.2) is 12.6 Å². The van der Waals surface area contributed by atoms with Gasteiger partial charge in [-0.1, -0.05) is 0 Å². The van der Waals surface area contributed by atoms with Crippen molar-refractivity contribution in [3.05, 3.63) is 42.1 Å². The molecule has 3 aromatic rings. The van der Waals surface area contributed by atoms with E-state index in [1.165, 1.54) is 18.5 Å². The summed E-state index contributed by atoms with van der Waals surface area (Å²) in [6, 6.07) is 10.6. The predicted octanol–water partition coefficient (Wildman–Crippen LogP) is 3.24. The average Bonchev–Trinajstić information content (AvgIpc) is 3.55. The Morgan fingerprint density at radius 3 is 2.91 bits per heavy atom. The van der Waals surface area contributed by atoms with Crippen LogP contribution in [0.4, 0.5) is 11.4 Å². The lowest BCUT2D eigenvalue weighted by Gasteiger charge is -2.39. The molecule has 2 aliphatic rings. The lowest BCUT2D eigenvalue weighted by molar-refractivity contribution is 0.0515. The summed E-state index contributed by atoms with van der Waals surface area (Å²) in [6.07, 6.45) is 6.11. The number of aliphatic imine (C=N–C) groups is 1. The number of aromatic nitrogens is 2. The molecular formula is C25H30N6O2. The molecule has 33 heavy (non-hydrogen) atoms. The summed E-state index contributed by atoms with van der Waals surface area (Å²) in [7, 11) is 3.29. The Morgan fingerprint density at radius 2 is 2.15 bits per heavy atom. The van der Waals surface area contributed by atoms with Crippen LogP contribution in [0.25, 0.3) is 22.3 Å². The Morgan fingerprint density at radius 1 is 1.30 bits per heavy atom. The molecule has 2 fully saturated rings. The Bertz CT molecular complexity index is 1210. The van der Waals surface area contributed by atoms with Gasteiger partial charge in [0.05, 0.1) is 11.1 Å². The second kappa shape index (κ2) is 8.61. The topological polar surface area (TPSA) is 97.9 Å². The van der Waals surface area contributed by atoms with Crippen LogP contribution >= 0.6 is 0 Å². The van der Waals surface area contributed by atoms with Gasteiger partial charge in [-0.25, -0.2) is 9.97 Å². The Balaban J connectivity index is 1.50. The van der Waals surface area contributed by atoms with E-state index < -0.39 is 0 Å². The molecule has 3 N–H and O–H groups in total. The quantitative estimate of drug-likeness (QED) is 0.341. The van der Waals surface area contributed by atoms with Crippen LogP contribution in [0.2, 0.25) is 0 Å². The zero-order valence-corrected chi connectivity index (χ0v) is 19.3. The molecule has 8 heteroatoms. The van der Waals surface area contributed by atoms with Gasteiger partial charge in [-0.05, 0) is 44.0 Å². The van der Waals surface area contributed by atoms with E-state index in [9.17, 15) is 0 Å². The number of nitrogen functional groups attached to an aromatic ring is 1. The van der Waals surface area contributed by atoms with Crippen molar-refractivity contribution in [3.8, 4) is 17.1 Å². The van der Waals surface area contributed by atoms with E-state index in [0.29, 0.717) is 28.8 Å². The van der Waals surface area contributed by atoms with E-state index in [2.05, 4.69) is 45.3 Å². The van der Waals surface area contributed by atoms with E-state index in [1.807, 2.05) is 12.3 Å². The van der Waals surface area contributed by atoms with Crippen molar-refractivity contribution in [2.45, 2.75) is 31.3 Å². The van der Waals surface area contributed by atoms with Crippen LogP contribution in [0.15, 0.2) is 41.5 Å². The monoisotopic (exact) mass is 446 g/mol. The number of piperazine rings is 1. The molecule has 8 nitrogen and oxygen atoms in total. The number of ether oxygens (including phenoxy) is 2. The van der Waals surface area contributed by atoms with Crippen LogP contribution in [-0.4, -0.2) is 61.8 Å². The second-order valence-electron chi connectivity index (χ2n) is 9.06. The number of nitrogens with zero attached hydrogens (tertiary/aromatic N) is 4. The van der Waals surface area contributed by atoms with Crippen LogP contribution < -0.4 is 20.7 Å². The molecule has 1 saturated carbocycles. The van der Waals surface area contributed by atoms with Gasteiger partial charge in [-0.2, -0.15) is 0 Å². The Hall–Kier alpha value is -3.23. The highest BCUT2D eigenvalue weighted by Crippen LogP contribution is 2.40. The Labute approximate surface area is 193 Å².